The highest BCUT2D eigenvalue weighted by molar-refractivity contribution is 5.62. The van der Waals surface area contributed by atoms with Crippen LogP contribution in [0.4, 0.5) is 0 Å². The molecule has 3 heterocycles. The van der Waals surface area contributed by atoms with Crippen LogP contribution in [0.25, 0.3) is 0 Å². The molecule has 8 heteroatoms. The van der Waals surface area contributed by atoms with Crippen LogP contribution in [0.5, 0.6) is 17.2 Å². The third-order valence-electron chi connectivity index (χ3n) is 16.1. The molecule has 2 aromatic carbocycles. The Morgan fingerprint density at radius 2 is 1.36 bits per heavy atom. The summed E-state index contributed by atoms with van der Waals surface area (Å²) in [5.74, 6) is 2.63. The molecule has 0 unspecified atom stereocenters. The quantitative estimate of drug-likeness (QED) is 0.303. The number of hydrogen-bond acceptors (Lipinski definition) is 8. The number of rotatable bonds is 4. The van der Waals surface area contributed by atoms with Gasteiger partial charge in [-0.25, -0.2) is 0 Å². The Morgan fingerprint density at radius 1 is 0.700 bits per heavy atom. The first-order valence-electron chi connectivity index (χ1n) is 20.1. The summed E-state index contributed by atoms with van der Waals surface area (Å²) in [5.41, 5.74) is 2.60. The van der Waals surface area contributed by atoms with Crippen molar-refractivity contribution in [2.75, 3.05) is 26.2 Å². The SMILES string of the molecule is Oc1ccc2c(c1)[C@@]13CCCC[C@@]1(O)[C@@H](C2)N(CC1CCC1)CC3.Oc1ccc2c3c1O[C@H]1[C@@H](O)CC[C@@]4(O)[C@@H](C2)N(CC2CCC2)CC[C@]314. The first kappa shape index (κ1) is 32.3. The second-order valence-electron chi connectivity index (χ2n) is 18.1. The molecule has 0 amide bonds. The van der Waals surface area contributed by atoms with Gasteiger partial charge in [0.25, 0.3) is 0 Å². The van der Waals surface area contributed by atoms with E-state index in [1.54, 1.807) is 6.07 Å². The summed E-state index contributed by atoms with van der Waals surface area (Å²) < 4.78 is 6.16. The Bertz CT molecular complexity index is 1680. The summed E-state index contributed by atoms with van der Waals surface area (Å²) >= 11 is 0. The molecule has 1 spiro atoms. The monoisotopic (exact) mass is 684 g/mol. The number of aromatic hydroxyl groups is 2. The standard InChI is InChI=1S/C21H27NO4.C21H29NO2/c23-14-5-4-13-10-16-21(25)7-6-15(24)19-20(21,17(13)18(14)26-19)8-9-22(16)11-12-2-1-3-12;23-17-7-6-16-12-19-21(24)9-2-1-8-20(21,18(16)13-17)10-11-22(19)14-15-4-3-5-15/h4-5,12,15-16,19,23-25H,1-3,6-11H2;6-7,13,15,19,23-24H,1-5,8-12,14H2/t15-,16+,19-,20-,21+;19-,20+,21-/m01/s1. The van der Waals surface area contributed by atoms with Crippen molar-refractivity contribution in [1.82, 2.24) is 9.80 Å². The van der Waals surface area contributed by atoms with Crippen LogP contribution in [0, 0.1) is 11.8 Å². The highest BCUT2D eigenvalue weighted by atomic mass is 16.5. The molecule has 4 saturated carbocycles. The van der Waals surface area contributed by atoms with E-state index in [9.17, 15) is 25.5 Å². The fraction of sp³-hybridized carbons (Fsp3) is 0.714. The molecule has 5 N–H and O–H groups in total. The van der Waals surface area contributed by atoms with Crippen LogP contribution in [-0.4, -0.2) is 97.0 Å². The molecule has 11 rings (SSSR count). The average Bonchev–Trinajstić information content (AvgIpc) is 3.42. The van der Waals surface area contributed by atoms with Gasteiger partial charge in [0.2, 0.25) is 0 Å². The van der Waals surface area contributed by atoms with E-state index in [0.717, 1.165) is 82.0 Å². The van der Waals surface area contributed by atoms with Crippen LogP contribution < -0.4 is 4.74 Å². The number of ether oxygens (including phenoxy) is 1. The minimum absolute atomic E-state index is 0.0819. The summed E-state index contributed by atoms with van der Waals surface area (Å²) in [5, 5.41) is 55.2. The molecule has 6 fully saturated rings. The molecule has 6 aliphatic carbocycles. The number of phenols is 2. The molecule has 270 valence electrons. The first-order chi connectivity index (χ1) is 24.2. The number of benzene rings is 2. The first-order valence-corrected chi connectivity index (χ1v) is 20.1. The maximum absolute atomic E-state index is 12.1. The van der Waals surface area contributed by atoms with Crippen LogP contribution in [0.15, 0.2) is 30.3 Å². The minimum atomic E-state index is -0.884. The van der Waals surface area contributed by atoms with Crippen molar-refractivity contribution in [3.05, 3.63) is 52.6 Å². The fourth-order valence-corrected chi connectivity index (χ4v) is 13.1. The van der Waals surface area contributed by atoms with Gasteiger partial charge in [-0.3, -0.25) is 9.80 Å². The lowest BCUT2D eigenvalue weighted by molar-refractivity contribution is -0.209. The van der Waals surface area contributed by atoms with Gasteiger partial charge in [0, 0.05) is 36.2 Å². The predicted octanol–water partition coefficient (Wildman–Crippen LogP) is 5.07. The van der Waals surface area contributed by atoms with Crippen molar-refractivity contribution in [1.29, 1.82) is 0 Å². The number of aliphatic hydroxyl groups excluding tert-OH is 1. The van der Waals surface area contributed by atoms with Crippen molar-refractivity contribution in [3.63, 3.8) is 0 Å². The number of phenolic OH excluding ortho intramolecular Hbond substituents is 2. The van der Waals surface area contributed by atoms with Gasteiger partial charge >= 0.3 is 0 Å². The van der Waals surface area contributed by atoms with Crippen LogP contribution in [0.1, 0.15) is 112 Å². The number of fused-ring (bicyclic) bond motifs is 1. The lowest BCUT2D eigenvalue weighted by atomic mass is 9.48. The smallest absolute Gasteiger partial charge is 0.165 e. The third kappa shape index (κ3) is 4.23. The van der Waals surface area contributed by atoms with Crippen molar-refractivity contribution < 1.29 is 30.3 Å². The van der Waals surface area contributed by atoms with Crippen LogP contribution >= 0.6 is 0 Å². The molecule has 8 nitrogen and oxygen atoms in total. The third-order valence-corrected chi connectivity index (χ3v) is 16.1. The maximum atomic E-state index is 12.1. The van der Waals surface area contributed by atoms with E-state index in [0.29, 0.717) is 24.3 Å². The molecule has 50 heavy (non-hydrogen) atoms. The van der Waals surface area contributed by atoms with Crippen molar-refractivity contribution in [2.45, 2.75) is 149 Å². The largest absolute Gasteiger partial charge is 0.508 e. The average molecular weight is 685 g/mol. The number of aliphatic hydroxyl groups is 3. The number of likely N-dealkylation sites (tertiary alicyclic amines) is 2. The molecule has 2 saturated heterocycles. The summed E-state index contributed by atoms with van der Waals surface area (Å²) in [7, 11) is 0. The van der Waals surface area contributed by atoms with Gasteiger partial charge < -0.3 is 30.3 Å². The zero-order valence-corrected chi connectivity index (χ0v) is 29.5. The normalized spacial score (nSPS) is 41.3. The maximum Gasteiger partial charge on any atom is 0.165 e. The second kappa shape index (κ2) is 11.3. The lowest BCUT2D eigenvalue weighted by Crippen LogP contribution is -2.77. The van der Waals surface area contributed by atoms with Gasteiger partial charge in [-0.15, -0.1) is 0 Å². The highest BCUT2D eigenvalue weighted by Gasteiger charge is 2.73. The van der Waals surface area contributed by atoms with Crippen molar-refractivity contribution in [3.8, 4) is 17.2 Å². The molecule has 9 aliphatic rings. The molecule has 0 aromatic heterocycles. The number of nitrogens with zero attached hydrogens (tertiary/aromatic N) is 2. The van der Waals surface area contributed by atoms with Crippen molar-refractivity contribution in [2.24, 2.45) is 11.8 Å². The summed E-state index contributed by atoms with van der Waals surface area (Å²) in [6.07, 6.45) is 16.1. The van der Waals surface area contributed by atoms with Crippen LogP contribution in [0.3, 0.4) is 0 Å². The number of piperidine rings is 2. The van der Waals surface area contributed by atoms with E-state index in [4.69, 9.17) is 4.74 Å². The molecule has 4 bridgehead atoms. The second-order valence-corrected chi connectivity index (χ2v) is 18.1. The number of hydrogen-bond donors (Lipinski definition) is 5. The lowest BCUT2D eigenvalue weighted by Gasteiger charge is -2.64. The zero-order chi connectivity index (χ0) is 34.0. The van der Waals surface area contributed by atoms with E-state index in [2.05, 4.69) is 15.9 Å². The zero-order valence-electron chi connectivity index (χ0n) is 29.5. The van der Waals surface area contributed by atoms with E-state index in [1.165, 1.54) is 68.2 Å². The van der Waals surface area contributed by atoms with Crippen molar-refractivity contribution >= 4 is 0 Å². The van der Waals surface area contributed by atoms with Crippen LogP contribution in [0.2, 0.25) is 0 Å². The fourth-order valence-electron chi connectivity index (χ4n) is 13.1. The summed E-state index contributed by atoms with van der Waals surface area (Å²) in [6, 6.07) is 9.97. The van der Waals surface area contributed by atoms with E-state index >= 15 is 0 Å². The predicted molar refractivity (Wildman–Crippen MR) is 190 cm³/mol. The van der Waals surface area contributed by atoms with E-state index < -0.39 is 28.8 Å². The van der Waals surface area contributed by atoms with Gasteiger partial charge in [-0.05, 0) is 137 Å². The Hall–Kier alpha value is -2.36. The van der Waals surface area contributed by atoms with E-state index in [1.807, 2.05) is 18.2 Å². The van der Waals surface area contributed by atoms with Gasteiger partial charge in [0.05, 0.1) is 22.7 Å². The summed E-state index contributed by atoms with van der Waals surface area (Å²) in [4.78, 5) is 5.15. The van der Waals surface area contributed by atoms with Gasteiger partial charge in [-0.1, -0.05) is 37.8 Å². The van der Waals surface area contributed by atoms with Gasteiger partial charge in [0.15, 0.2) is 11.5 Å². The Labute approximate surface area is 296 Å². The van der Waals surface area contributed by atoms with Gasteiger partial charge in [0.1, 0.15) is 11.9 Å². The molecule has 0 radical (unpaired) electrons. The minimum Gasteiger partial charge on any atom is -0.508 e. The molecule has 2 aromatic rings. The molecular weight excluding hydrogens is 628 g/mol. The topological polar surface area (TPSA) is 117 Å². The summed E-state index contributed by atoms with van der Waals surface area (Å²) in [6.45, 7) is 4.30. The molecule has 8 atom stereocenters. The van der Waals surface area contributed by atoms with Crippen LogP contribution in [-0.2, 0) is 23.7 Å². The molecular formula is C42H56N2O6. The Kier molecular flexibility index (Phi) is 7.31. The van der Waals surface area contributed by atoms with Gasteiger partial charge in [-0.2, -0.15) is 0 Å². The Balaban J connectivity index is 0.000000127. The Morgan fingerprint density at radius 3 is 2.08 bits per heavy atom. The molecule has 3 aliphatic heterocycles. The highest BCUT2D eigenvalue weighted by Crippen LogP contribution is 2.65. The van der Waals surface area contributed by atoms with E-state index in [-0.39, 0.29) is 23.2 Å².